The summed E-state index contributed by atoms with van der Waals surface area (Å²) in [5.74, 6) is -3.17. The number of phenols is 1. The van der Waals surface area contributed by atoms with Crippen molar-refractivity contribution in [2.45, 2.75) is 43.8 Å². The first-order chi connectivity index (χ1) is 20.1. The van der Waals surface area contributed by atoms with Gasteiger partial charge in [-0.3, -0.25) is 4.98 Å². The Bertz CT molecular complexity index is 1720. The maximum atomic E-state index is 16.5. The first kappa shape index (κ1) is 23.0. The zero-order valence-electron chi connectivity index (χ0n) is 23.8. The molecule has 8 nitrogen and oxygen atoms in total. The molecule has 2 unspecified atom stereocenters. The Morgan fingerprint density at radius 3 is 2.75 bits per heavy atom. The number of hydrogen-bond acceptors (Lipinski definition) is 8. The quantitative estimate of drug-likeness (QED) is 0.377. The third kappa shape index (κ3) is 4.19. The number of pyridine rings is 1. The number of aromatic hydroxyl groups is 1. The van der Waals surface area contributed by atoms with E-state index >= 15 is 8.78 Å². The minimum Gasteiger partial charge on any atom is -0.508 e. The molecular formula is C29H29F3N6O2. The van der Waals surface area contributed by atoms with Gasteiger partial charge in [0, 0.05) is 48.4 Å². The first-order valence-corrected chi connectivity index (χ1v) is 13.5. The molecule has 0 amide bonds. The van der Waals surface area contributed by atoms with E-state index in [2.05, 4.69) is 25.2 Å². The summed E-state index contributed by atoms with van der Waals surface area (Å²) in [6, 6.07) is 4.05. The molecule has 8 rings (SSSR count). The number of aromatic nitrogens is 3. The van der Waals surface area contributed by atoms with E-state index in [0.717, 1.165) is 37.9 Å². The number of rotatable bonds is 5. The van der Waals surface area contributed by atoms with E-state index in [1.54, 1.807) is 0 Å². The SMILES string of the molecule is [2H]C([2H])(Oc1nc(N2CC3CCC2CN3)c2cnc(-c3cc(O)cc4ccc(F)c(F)c34)c(F)c2n1)[C@@H]1CCCN1C. The average molecular weight is 553 g/mol. The number of piperidine rings is 2. The van der Waals surface area contributed by atoms with E-state index in [4.69, 9.17) is 7.48 Å². The van der Waals surface area contributed by atoms with E-state index in [-0.39, 0.29) is 56.8 Å². The lowest BCUT2D eigenvalue weighted by Crippen LogP contribution is -2.61. The topological polar surface area (TPSA) is 86.6 Å². The molecule has 0 spiro atoms. The van der Waals surface area contributed by atoms with Crippen LogP contribution in [-0.2, 0) is 0 Å². The predicted octanol–water partition coefficient (Wildman–Crippen LogP) is 4.38. The lowest BCUT2D eigenvalue weighted by Gasteiger charge is -2.46. The number of piperazine rings is 1. The number of likely N-dealkylation sites (N-methyl/N-ethyl adjacent to an activating group) is 1. The number of ether oxygens (including phenoxy) is 1. The molecule has 2 N–H and O–H groups in total. The Balaban J connectivity index is 1.42. The average Bonchev–Trinajstić information content (AvgIpc) is 3.42. The summed E-state index contributed by atoms with van der Waals surface area (Å²) in [5, 5.41) is 14.0. The summed E-state index contributed by atoms with van der Waals surface area (Å²) in [6.45, 7) is -0.110. The van der Waals surface area contributed by atoms with E-state index in [1.807, 2.05) is 11.9 Å². The number of benzene rings is 2. The summed E-state index contributed by atoms with van der Waals surface area (Å²) in [5.41, 5.74) is -0.685. The maximum absolute atomic E-state index is 16.5. The van der Waals surface area contributed by atoms with Crippen LogP contribution in [0.1, 0.15) is 28.4 Å². The second-order valence-corrected chi connectivity index (χ2v) is 10.8. The predicted molar refractivity (Wildman–Crippen MR) is 145 cm³/mol. The molecule has 11 heteroatoms. The van der Waals surface area contributed by atoms with Crippen molar-refractivity contribution in [3.8, 4) is 23.0 Å². The van der Waals surface area contributed by atoms with E-state index < -0.39 is 30.1 Å². The van der Waals surface area contributed by atoms with Crippen LogP contribution in [0, 0.1) is 17.5 Å². The fourth-order valence-electron chi connectivity index (χ4n) is 6.19. The van der Waals surface area contributed by atoms with Crippen molar-refractivity contribution >= 4 is 27.5 Å². The molecule has 208 valence electrons. The van der Waals surface area contributed by atoms with Gasteiger partial charge in [-0.2, -0.15) is 9.97 Å². The molecule has 40 heavy (non-hydrogen) atoms. The van der Waals surface area contributed by atoms with Crippen LogP contribution in [0.5, 0.6) is 11.8 Å². The molecule has 0 radical (unpaired) electrons. The van der Waals surface area contributed by atoms with Gasteiger partial charge in [0.2, 0.25) is 0 Å². The molecule has 2 aromatic carbocycles. The van der Waals surface area contributed by atoms with Crippen molar-refractivity contribution in [3.05, 3.63) is 47.9 Å². The normalized spacial score (nSPS) is 24.1. The van der Waals surface area contributed by atoms with Gasteiger partial charge < -0.3 is 25.0 Å². The molecule has 6 heterocycles. The molecule has 4 saturated heterocycles. The third-order valence-electron chi connectivity index (χ3n) is 8.32. The molecule has 4 aromatic rings. The highest BCUT2D eigenvalue weighted by Gasteiger charge is 2.36. The number of phenolic OH excluding ortho intramolecular Hbond substituents is 1. The molecular weight excluding hydrogens is 521 g/mol. The van der Waals surface area contributed by atoms with Crippen LogP contribution in [0.4, 0.5) is 19.0 Å². The largest absolute Gasteiger partial charge is 0.508 e. The van der Waals surface area contributed by atoms with Crippen molar-refractivity contribution in [2.75, 3.05) is 38.1 Å². The van der Waals surface area contributed by atoms with Gasteiger partial charge in [0.25, 0.3) is 0 Å². The van der Waals surface area contributed by atoms with E-state index in [0.29, 0.717) is 25.3 Å². The molecule has 0 aliphatic carbocycles. The lowest BCUT2D eigenvalue weighted by molar-refractivity contribution is 0.188. The zero-order chi connectivity index (χ0) is 29.3. The van der Waals surface area contributed by atoms with E-state index in [1.165, 1.54) is 18.3 Å². The number of anilines is 1. The van der Waals surface area contributed by atoms with Gasteiger partial charge in [-0.25, -0.2) is 13.2 Å². The van der Waals surface area contributed by atoms with Crippen molar-refractivity contribution in [1.29, 1.82) is 0 Å². The summed E-state index contributed by atoms with van der Waals surface area (Å²) in [7, 11) is 1.82. The van der Waals surface area contributed by atoms with Crippen LogP contribution in [-0.4, -0.2) is 76.3 Å². The lowest BCUT2D eigenvalue weighted by atomic mass is 9.93. The molecule has 2 aromatic heterocycles. The van der Waals surface area contributed by atoms with Crippen molar-refractivity contribution in [1.82, 2.24) is 25.2 Å². The summed E-state index contributed by atoms with van der Waals surface area (Å²) < 4.78 is 68.9. The van der Waals surface area contributed by atoms with Crippen LogP contribution in [0.2, 0.25) is 0 Å². The minimum atomic E-state index is -2.16. The van der Waals surface area contributed by atoms with Gasteiger partial charge in [0.05, 0.1) is 8.13 Å². The van der Waals surface area contributed by atoms with Crippen LogP contribution in [0.15, 0.2) is 30.5 Å². The third-order valence-corrected chi connectivity index (χ3v) is 8.32. The molecule has 2 bridgehead atoms. The highest BCUT2D eigenvalue weighted by molar-refractivity contribution is 6.00. The van der Waals surface area contributed by atoms with Crippen LogP contribution in [0.25, 0.3) is 32.9 Å². The van der Waals surface area contributed by atoms with E-state index in [9.17, 15) is 9.50 Å². The number of nitrogens with zero attached hydrogens (tertiary/aromatic N) is 5. The Kier molecular flexibility index (Phi) is 5.61. The summed E-state index contributed by atoms with van der Waals surface area (Å²) in [4.78, 5) is 17.2. The number of fused-ring (bicyclic) bond motifs is 5. The van der Waals surface area contributed by atoms with Gasteiger partial charge in [-0.05, 0) is 62.9 Å². The maximum Gasteiger partial charge on any atom is 0.319 e. The van der Waals surface area contributed by atoms with Crippen LogP contribution in [0.3, 0.4) is 0 Å². The summed E-state index contributed by atoms with van der Waals surface area (Å²) >= 11 is 0. The molecule has 4 fully saturated rings. The van der Waals surface area contributed by atoms with Gasteiger partial charge in [-0.15, -0.1) is 0 Å². The Labute approximate surface area is 231 Å². The van der Waals surface area contributed by atoms with Crippen LogP contribution < -0.4 is 15.0 Å². The van der Waals surface area contributed by atoms with Crippen molar-refractivity contribution < 1.29 is 25.8 Å². The van der Waals surface area contributed by atoms with Gasteiger partial charge in [0.1, 0.15) is 29.3 Å². The first-order valence-electron chi connectivity index (χ1n) is 14.5. The fraction of sp³-hybridized carbons (Fsp3) is 0.414. The van der Waals surface area contributed by atoms with Crippen molar-refractivity contribution in [3.63, 3.8) is 0 Å². The second kappa shape index (κ2) is 9.74. The van der Waals surface area contributed by atoms with Crippen molar-refractivity contribution in [2.24, 2.45) is 0 Å². The van der Waals surface area contributed by atoms with Gasteiger partial charge in [-0.1, -0.05) is 6.07 Å². The highest BCUT2D eigenvalue weighted by atomic mass is 19.2. The molecule has 4 aliphatic rings. The molecule has 4 aliphatic heterocycles. The van der Waals surface area contributed by atoms with Gasteiger partial charge in [0.15, 0.2) is 17.5 Å². The molecule has 0 saturated carbocycles. The minimum absolute atomic E-state index is 0.0773. The Morgan fingerprint density at radius 2 is 2.02 bits per heavy atom. The molecule has 3 atom stereocenters. The smallest absolute Gasteiger partial charge is 0.319 e. The second-order valence-electron chi connectivity index (χ2n) is 10.8. The highest BCUT2D eigenvalue weighted by Crippen LogP contribution is 2.39. The standard InChI is InChI=1S/C29H29F3N6O2/c1-37-8-2-3-18(37)14-40-29-35-27-21(28(36-29)38-13-16-5-6-17(38)11-33-16)12-34-26(25(27)32)20-10-19(39)9-15-4-7-22(30)24(31)23(15)20/h4,7,9-10,12,16-18,33,39H,2-3,5-6,8,11,13-14H2,1H3/t16?,17?,18-/m0/s1/i14D2. The monoisotopic (exact) mass is 552 g/mol. The Morgan fingerprint density at radius 1 is 1.15 bits per heavy atom. The number of hydrogen-bond donors (Lipinski definition) is 2. The van der Waals surface area contributed by atoms with Gasteiger partial charge >= 0.3 is 6.01 Å². The Hall–Kier alpha value is -3.70. The number of likely N-dealkylation sites (tertiary alicyclic amines) is 1. The number of nitrogens with one attached hydrogen (secondary N) is 1. The van der Waals surface area contributed by atoms with Crippen LogP contribution >= 0.6 is 0 Å². The fourth-order valence-corrected chi connectivity index (χ4v) is 6.19. The number of halogens is 3. The zero-order valence-corrected chi connectivity index (χ0v) is 21.8. The summed E-state index contributed by atoms with van der Waals surface area (Å²) in [6.07, 6.45) is 4.68.